The second-order valence-corrected chi connectivity index (χ2v) is 4.82. The van der Waals surface area contributed by atoms with Crippen LogP contribution in [0.3, 0.4) is 0 Å². The lowest BCUT2D eigenvalue weighted by Crippen LogP contribution is -2.01. The van der Waals surface area contributed by atoms with Crippen molar-refractivity contribution >= 4 is 16.9 Å². The van der Waals surface area contributed by atoms with E-state index in [1.165, 1.54) is 0 Å². The van der Waals surface area contributed by atoms with Crippen molar-refractivity contribution in [3.63, 3.8) is 0 Å². The Morgan fingerprint density at radius 1 is 1.40 bits per heavy atom. The minimum Gasteiger partial charge on any atom is -0.481 e. The summed E-state index contributed by atoms with van der Waals surface area (Å²) in [5, 5.41) is 14.0. The van der Waals surface area contributed by atoms with E-state index in [1.807, 2.05) is 42.1 Å². The summed E-state index contributed by atoms with van der Waals surface area (Å²) in [7, 11) is 1.95. The highest BCUT2D eigenvalue weighted by Crippen LogP contribution is 2.33. The van der Waals surface area contributed by atoms with E-state index < -0.39 is 5.97 Å². The number of aromatic nitrogens is 2. The minimum absolute atomic E-state index is 0.0894. The third-order valence-electron chi connectivity index (χ3n) is 3.45. The first kappa shape index (κ1) is 12.5. The molecule has 0 saturated carbocycles. The van der Waals surface area contributed by atoms with Crippen molar-refractivity contribution in [1.82, 2.24) is 9.72 Å². The quantitative estimate of drug-likeness (QED) is 0.794. The Hall–Kier alpha value is -2.56. The number of aryl methyl sites for hydroxylation is 2. The molecule has 2 heterocycles. The van der Waals surface area contributed by atoms with Gasteiger partial charge in [-0.1, -0.05) is 23.4 Å². The SMILES string of the molecule is Cc1noc(-c2cn(C)c3ccccc23)c1CC(=O)O. The Morgan fingerprint density at radius 2 is 2.15 bits per heavy atom. The summed E-state index contributed by atoms with van der Waals surface area (Å²) in [6.07, 6.45) is 1.85. The molecule has 0 bridgehead atoms. The Kier molecular flexibility index (Phi) is 2.82. The molecule has 3 rings (SSSR count). The second-order valence-electron chi connectivity index (χ2n) is 4.82. The van der Waals surface area contributed by atoms with Gasteiger partial charge in [0.25, 0.3) is 0 Å². The van der Waals surface area contributed by atoms with Gasteiger partial charge >= 0.3 is 5.97 Å². The Labute approximate surface area is 115 Å². The van der Waals surface area contributed by atoms with Gasteiger partial charge < -0.3 is 14.2 Å². The molecule has 1 aromatic carbocycles. The molecule has 3 aromatic rings. The molecule has 0 amide bonds. The summed E-state index contributed by atoms with van der Waals surface area (Å²) in [5.74, 6) is -0.348. The van der Waals surface area contributed by atoms with Gasteiger partial charge in [-0.15, -0.1) is 0 Å². The highest BCUT2D eigenvalue weighted by molar-refractivity contribution is 5.95. The molecule has 0 unspecified atom stereocenters. The standard InChI is InChI=1S/C15H14N2O3/c1-9-11(7-14(18)19)15(20-16-9)12-8-17(2)13-6-4-3-5-10(12)13/h3-6,8H,7H2,1-2H3,(H,18,19). The third kappa shape index (κ3) is 1.87. The molecule has 1 N–H and O–H groups in total. The summed E-state index contributed by atoms with van der Waals surface area (Å²) in [5.41, 5.74) is 3.20. The number of aliphatic carboxylic acids is 1. The van der Waals surface area contributed by atoms with Crippen molar-refractivity contribution in [1.29, 1.82) is 0 Å². The van der Waals surface area contributed by atoms with Crippen LogP contribution in [-0.4, -0.2) is 20.8 Å². The van der Waals surface area contributed by atoms with Gasteiger partial charge in [0.1, 0.15) is 0 Å². The van der Waals surface area contributed by atoms with Gasteiger partial charge in [0.15, 0.2) is 5.76 Å². The largest absolute Gasteiger partial charge is 0.481 e. The maximum Gasteiger partial charge on any atom is 0.308 e. The van der Waals surface area contributed by atoms with Crippen molar-refractivity contribution in [3.05, 3.63) is 41.7 Å². The van der Waals surface area contributed by atoms with Crippen molar-refractivity contribution in [2.75, 3.05) is 0 Å². The molecular formula is C15H14N2O3. The van der Waals surface area contributed by atoms with Crippen molar-refractivity contribution in [2.45, 2.75) is 13.3 Å². The first-order chi connectivity index (χ1) is 9.58. The molecule has 0 aliphatic rings. The number of nitrogens with zero attached hydrogens (tertiary/aromatic N) is 2. The Morgan fingerprint density at radius 3 is 2.90 bits per heavy atom. The van der Waals surface area contributed by atoms with E-state index in [4.69, 9.17) is 9.63 Å². The molecule has 0 radical (unpaired) electrons. The Balaban J connectivity index is 2.24. The van der Waals surface area contributed by atoms with Crippen molar-refractivity contribution in [3.8, 4) is 11.3 Å². The van der Waals surface area contributed by atoms with Gasteiger partial charge in [0.2, 0.25) is 0 Å². The van der Waals surface area contributed by atoms with Crippen LogP contribution in [0.4, 0.5) is 0 Å². The van der Waals surface area contributed by atoms with Gasteiger partial charge in [0.05, 0.1) is 12.1 Å². The van der Waals surface area contributed by atoms with Crippen LogP contribution in [0.25, 0.3) is 22.2 Å². The summed E-state index contributed by atoms with van der Waals surface area (Å²) >= 11 is 0. The molecule has 5 nitrogen and oxygen atoms in total. The summed E-state index contributed by atoms with van der Waals surface area (Å²) in [6.45, 7) is 1.76. The molecule has 0 saturated heterocycles. The molecule has 0 aliphatic carbocycles. The van der Waals surface area contributed by atoms with Gasteiger partial charge in [-0.25, -0.2) is 0 Å². The zero-order valence-electron chi connectivity index (χ0n) is 11.3. The van der Waals surface area contributed by atoms with E-state index in [9.17, 15) is 4.79 Å². The molecule has 0 fully saturated rings. The normalized spacial score (nSPS) is 11.1. The van der Waals surface area contributed by atoms with E-state index in [1.54, 1.807) is 6.92 Å². The van der Waals surface area contributed by atoms with Crippen LogP contribution in [0.2, 0.25) is 0 Å². The van der Waals surface area contributed by atoms with Crippen LogP contribution < -0.4 is 0 Å². The van der Waals surface area contributed by atoms with E-state index in [0.717, 1.165) is 16.5 Å². The van der Waals surface area contributed by atoms with Crippen molar-refractivity contribution in [2.24, 2.45) is 7.05 Å². The monoisotopic (exact) mass is 270 g/mol. The predicted molar refractivity (Wildman–Crippen MR) is 74.5 cm³/mol. The minimum atomic E-state index is -0.891. The van der Waals surface area contributed by atoms with Crippen LogP contribution in [0.15, 0.2) is 35.0 Å². The lowest BCUT2D eigenvalue weighted by Gasteiger charge is -1.98. The number of para-hydroxylation sites is 1. The second kappa shape index (κ2) is 4.52. The average molecular weight is 270 g/mol. The fourth-order valence-electron chi connectivity index (χ4n) is 2.48. The molecule has 0 aliphatic heterocycles. The van der Waals surface area contributed by atoms with Gasteiger partial charge in [-0.05, 0) is 13.0 Å². The molecule has 0 spiro atoms. The highest BCUT2D eigenvalue weighted by Gasteiger charge is 2.20. The Bertz CT molecular complexity index is 799. The van der Waals surface area contributed by atoms with E-state index >= 15 is 0 Å². The van der Waals surface area contributed by atoms with E-state index in [0.29, 0.717) is 17.0 Å². The highest BCUT2D eigenvalue weighted by atomic mass is 16.5. The van der Waals surface area contributed by atoms with Gasteiger partial charge in [-0.3, -0.25) is 4.79 Å². The third-order valence-corrected chi connectivity index (χ3v) is 3.45. The predicted octanol–water partition coefficient (Wildman–Crippen LogP) is 2.77. The number of carboxylic acids is 1. The number of hydrogen-bond acceptors (Lipinski definition) is 3. The maximum absolute atomic E-state index is 11.0. The number of carboxylic acid groups (broad SMARTS) is 1. The summed E-state index contributed by atoms with van der Waals surface area (Å²) < 4.78 is 7.37. The molecule has 5 heteroatoms. The van der Waals surface area contributed by atoms with Crippen LogP contribution in [0.1, 0.15) is 11.3 Å². The van der Waals surface area contributed by atoms with Crippen LogP contribution in [0, 0.1) is 6.92 Å². The first-order valence-electron chi connectivity index (χ1n) is 6.29. The topological polar surface area (TPSA) is 68.3 Å². The summed E-state index contributed by atoms with van der Waals surface area (Å²) in [4.78, 5) is 11.0. The average Bonchev–Trinajstić information content (AvgIpc) is 2.92. The maximum atomic E-state index is 11.0. The fraction of sp³-hybridized carbons (Fsp3) is 0.200. The lowest BCUT2D eigenvalue weighted by molar-refractivity contribution is -0.136. The smallest absolute Gasteiger partial charge is 0.308 e. The number of benzene rings is 1. The number of fused-ring (bicyclic) bond motifs is 1. The number of rotatable bonds is 3. The number of carbonyl (C=O) groups is 1. The molecule has 0 atom stereocenters. The van der Waals surface area contributed by atoms with Gasteiger partial charge in [0, 0.05) is 35.3 Å². The molecular weight excluding hydrogens is 256 g/mol. The molecule has 20 heavy (non-hydrogen) atoms. The zero-order chi connectivity index (χ0) is 14.3. The lowest BCUT2D eigenvalue weighted by atomic mass is 10.0. The molecule has 2 aromatic heterocycles. The van der Waals surface area contributed by atoms with Crippen LogP contribution in [-0.2, 0) is 18.3 Å². The van der Waals surface area contributed by atoms with Gasteiger partial charge in [-0.2, -0.15) is 0 Å². The van der Waals surface area contributed by atoms with Crippen molar-refractivity contribution < 1.29 is 14.4 Å². The molecule has 102 valence electrons. The first-order valence-corrected chi connectivity index (χ1v) is 6.29. The van der Waals surface area contributed by atoms with Crippen LogP contribution >= 0.6 is 0 Å². The zero-order valence-corrected chi connectivity index (χ0v) is 11.3. The fourth-order valence-corrected chi connectivity index (χ4v) is 2.48. The van der Waals surface area contributed by atoms with E-state index in [2.05, 4.69) is 5.16 Å². The number of hydrogen-bond donors (Lipinski definition) is 1. The summed E-state index contributed by atoms with van der Waals surface area (Å²) in [6, 6.07) is 7.92. The van der Waals surface area contributed by atoms with Crippen LogP contribution in [0.5, 0.6) is 0 Å². The van der Waals surface area contributed by atoms with E-state index in [-0.39, 0.29) is 6.42 Å².